The smallest absolute Gasteiger partial charge is 0.387 e. The minimum Gasteiger partial charge on any atom is -0.387 e. The molecule has 0 aliphatic rings. The number of phosphoric ester groups is 1. The number of aliphatic hydroxyl groups is 1. The van der Waals surface area contributed by atoms with Crippen LogP contribution in [0.4, 0.5) is 0 Å². The number of carbonyl (C=O) groups is 1. The fourth-order valence-electron chi connectivity index (χ4n) is 8.36. The summed E-state index contributed by atoms with van der Waals surface area (Å²) < 4.78 is 23.7. The predicted octanol–water partition coefficient (Wildman–Crippen LogP) is 18.6. The largest absolute Gasteiger partial charge is 0.472 e. The highest BCUT2D eigenvalue weighted by atomic mass is 31.2. The molecule has 8 nitrogen and oxygen atoms in total. The summed E-state index contributed by atoms with van der Waals surface area (Å²) in [6, 6.07) is -0.876. The van der Waals surface area contributed by atoms with Gasteiger partial charge in [-0.2, -0.15) is 0 Å². The predicted molar refractivity (Wildman–Crippen MR) is 318 cm³/mol. The van der Waals surface area contributed by atoms with Crippen LogP contribution in [0.2, 0.25) is 0 Å². The monoisotopic (exact) mass is 1040 g/mol. The summed E-state index contributed by atoms with van der Waals surface area (Å²) in [4.78, 5) is 23.3. The van der Waals surface area contributed by atoms with Crippen molar-refractivity contribution in [3.63, 3.8) is 0 Å². The van der Waals surface area contributed by atoms with Gasteiger partial charge in [0.1, 0.15) is 13.2 Å². The summed E-state index contributed by atoms with van der Waals surface area (Å²) in [5, 5.41) is 13.9. The lowest BCUT2D eigenvalue weighted by Crippen LogP contribution is -2.45. The Morgan fingerprint density at radius 1 is 0.479 bits per heavy atom. The molecule has 0 aliphatic heterocycles. The van der Waals surface area contributed by atoms with Gasteiger partial charge in [0, 0.05) is 6.42 Å². The summed E-state index contributed by atoms with van der Waals surface area (Å²) in [6.45, 7) is 4.69. The molecule has 0 aliphatic carbocycles. The highest BCUT2D eigenvalue weighted by Gasteiger charge is 2.27. The van der Waals surface area contributed by atoms with Gasteiger partial charge in [0.05, 0.1) is 39.9 Å². The Labute approximate surface area is 451 Å². The van der Waals surface area contributed by atoms with Crippen molar-refractivity contribution >= 4 is 13.7 Å². The van der Waals surface area contributed by atoms with Crippen LogP contribution in [-0.4, -0.2) is 73.4 Å². The fraction of sp³-hybridized carbons (Fsp3) is 0.734. The van der Waals surface area contributed by atoms with Gasteiger partial charge < -0.3 is 19.8 Å². The first-order chi connectivity index (χ1) is 35.5. The zero-order valence-corrected chi connectivity index (χ0v) is 49.0. The van der Waals surface area contributed by atoms with Crippen molar-refractivity contribution in [3.05, 3.63) is 97.2 Å². The maximum Gasteiger partial charge on any atom is 0.472 e. The first-order valence-corrected chi connectivity index (χ1v) is 31.6. The van der Waals surface area contributed by atoms with Gasteiger partial charge >= 0.3 is 7.82 Å². The quantitative estimate of drug-likeness (QED) is 0.0243. The Morgan fingerprint density at radius 2 is 0.836 bits per heavy atom. The number of aliphatic hydroxyl groups excluding tert-OH is 1. The average Bonchev–Trinajstić information content (AvgIpc) is 3.35. The first kappa shape index (κ1) is 70.4. The molecule has 0 rings (SSSR count). The molecular formula is C64H116N2O6P+. The molecule has 422 valence electrons. The Kier molecular flexibility index (Phi) is 52.3. The lowest BCUT2D eigenvalue weighted by molar-refractivity contribution is -0.870. The van der Waals surface area contributed by atoms with Gasteiger partial charge in [0.2, 0.25) is 5.91 Å². The Morgan fingerprint density at radius 3 is 1.26 bits per heavy atom. The van der Waals surface area contributed by atoms with E-state index in [-0.39, 0.29) is 19.1 Å². The number of nitrogens with zero attached hydrogens (tertiary/aromatic N) is 1. The van der Waals surface area contributed by atoms with E-state index in [1.54, 1.807) is 6.08 Å². The van der Waals surface area contributed by atoms with Crippen LogP contribution in [0.15, 0.2) is 97.2 Å². The highest BCUT2D eigenvalue weighted by molar-refractivity contribution is 7.47. The average molecular weight is 1040 g/mol. The zero-order chi connectivity index (χ0) is 53.5. The molecule has 0 aromatic carbocycles. The van der Waals surface area contributed by atoms with E-state index in [0.717, 1.165) is 89.9 Å². The van der Waals surface area contributed by atoms with E-state index in [1.165, 1.54) is 141 Å². The molecule has 3 unspecified atom stereocenters. The molecule has 3 atom stereocenters. The van der Waals surface area contributed by atoms with Crippen molar-refractivity contribution in [2.24, 2.45) is 0 Å². The first-order valence-electron chi connectivity index (χ1n) is 30.1. The SMILES string of the molecule is CC/C=C\C/C=C\C/C=C\C/C=C\C/C=C\C/C=C\CCCCCCCCCCC(=O)NC(COP(=O)(O)OCC[N+](C)(C)C)C(O)/C=C/CC/C=C/CCCCCCCCCCCCCCCCCCCC. The molecule has 0 radical (unpaired) electrons. The summed E-state index contributed by atoms with van der Waals surface area (Å²) in [5.74, 6) is -0.198. The number of carbonyl (C=O) groups excluding carboxylic acids is 1. The molecule has 0 heterocycles. The van der Waals surface area contributed by atoms with E-state index < -0.39 is 20.0 Å². The lowest BCUT2D eigenvalue weighted by atomic mass is 10.0. The van der Waals surface area contributed by atoms with Gasteiger partial charge in [-0.15, -0.1) is 0 Å². The minimum atomic E-state index is -4.37. The number of hydrogen-bond donors (Lipinski definition) is 3. The summed E-state index contributed by atoms with van der Waals surface area (Å²) in [6.07, 6.45) is 78.0. The number of hydrogen-bond acceptors (Lipinski definition) is 5. The van der Waals surface area contributed by atoms with Crippen LogP contribution in [0.5, 0.6) is 0 Å². The molecule has 9 heteroatoms. The number of nitrogens with one attached hydrogen (secondary N) is 1. The standard InChI is InChI=1S/C64H115N2O6P/c1-6-8-10-12-14-16-18-20-22-24-26-28-30-32-33-34-36-38-40-42-44-46-48-50-52-54-56-58-64(68)65-62(61-72-73(69,70)71-60-59-66(3,4)5)63(67)57-55-53-51-49-47-45-43-41-39-37-35-31-29-27-25-23-21-19-17-15-13-11-9-7-2/h8,10,14,16,20,22,26,28,32-33,36,38,47,49,55,57,62-63,67H,6-7,9,11-13,15,17-19,21,23-25,27,29-31,34-35,37,39-46,48,50-54,56,58-61H2,1-5H3,(H-,65,68,69,70)/p+1/b10-8-,16-14-,22-20-,28-26-,33-32-,38-36-,49-47+,57-55+. The molecule has 1 amide bonds. The number of unbranched alkanes of at least 4 members (excludes halogenated alkanes) is 27. The second-order valence-electron chi connectivity index (χ2n) is 21.3. The molecular weight excluding hydrogens is 924 g/mol. The van der Waals surface area contributed by atoms with Gasteiger partial charge in [0.25, 0.3) is 0 Å². The maximum absolute atomic E-state index is 13.0. The summed E-state index contributed by atoms with van der Waals surface area (Å²) in [5.41, 5.74) is 0. The van der Waals surface area contributed by atoms with Crippen molar-refractivity contribution in [1.29, 1.82) is 0 Å². The highest BCUT2D eigenvalue weighted by Crippen LogP contribution is 2.43. The Balaban J connectivity index is 4.28. The van der Waals surface area contributed by atoms with E-state index in [4.69, 9.17) is 9.05 Å². The molecule has 0 fully saturated rings. The maximum atomic E-state index is 13.0. The van der Waals surface area contributed by atoms with Crippen LogP contribution in [0.1, 0.15) is 251 Å². The molecule has 0 bridgehead atoms. The van der Waals surface area contributed by atoms with Crippen molar-refractivity contribution in [3.8, 4) is 0 Å². The van der Waals surface area contributed by atoms with Crippen LogP contribution >= 0.6 is 7.82 Å². The van der Waals surface area contributed by atoms with E-state index in [2.05, 4.69) is 104 Å². The zero-order valence-electron chi connectivity index (χ0n) is 48.1. The van der Waals surface area contributed by atoms with Gasteiger partial charge in [-0.05, 0) is 83.5 Å². The Bertz CT molecular complexity index is 1510. The van der Waals surface area contributed by atoms with Crippen molar-refractivity contribution in [2.75, 3.05) is 40.9 Å². The van der Waals surface area contributed by atoms with E-state index >= 15 is 0 Å². The number of rotatable bonds is 54. The van der Waals surface area contributed by atoms with Crippen LogP contribution in [0, 0.1) is 0 Å². The van der Waals surface area contributed by atoms with E-state index in [0.29, 0.717) is 17.4 Å². The van der Waals surface area contributed by atoms with Crippen molar-refractivity contribution in [1.82, 2.24) is 5.32 Å². The normalized spacial score (nSPS) is 14.6. The second kappa shape index (κ2) is 54.2. The molecule has 0 spiro atoms. The number of allylic oxidation sites excluding steroid dienone is 15. The third kappa shape index (κ3) is 57.0. The molecule has 0 saturated carbocycles. The van der Waals surface area contributed by atoms with Crippen LogP contribution in [0.3, 0.4) is 0 Å². The van der Waals surface area contributed by atoms with Gasteiger partial charge in [-0.3, -0.25) is 13.8 Å². The molecule has 0 aromatic heterocycles. The van der Waals surface area contributed by atoms with E-state index in [1.807, 2.05) is 27.2 Å². The molecule has 73 heavy (non-hydrogen) atoms. The second-order valence-corrected chi connectivity index (χ2v) is 22.8. The minimum absolute atomic E-state index is 0.0497. The van der Waals surface area contributed by atoms with E-state index in [9.17, 15) is 19.4 Å². The lowest BCUT2D eigenvalue weighted by Gasteiger charge is -2.25. The number of likely N-dealkylation sites (N-methyl/N-ethyl adjacent to an activating group) is 1. The number of quaternary nitrogens is 1. The van der Waals surface area contributed by atoms with Gasteiger partial charge in [-0.25, -0.2) is 4.57 Å². The van der Waals surface area contributed by atoms with Crippen molar-refractivity contribution in [2.45, 2.75) is 264 Å². The van der Waals surface area contributed by atoms with Gasteiger partial charge in [-0.1, -0.05) is 259 Å². The van der Waals surface area contributed by atoms with Crippen LogP contribution < -0.4 is 5.32 Å². The molecule has 0 aromatic rings. The van der Waals surface area contributed by atoms with Crippen molar-refractivity contribution < 1.29 is 32.9 Å². The third-order valence-electron chi connectivity index (χ3n) is 13.0. The topological polar surface area (TPSA) is 105 Å². The summed E-state index contributed by atoms with van der Waals surface area (Å²) in [7, 11) is 1.54. The Hall–Kier alpha value is -2.58. The van der Waals surface area contributed by atoms with Gasteiger partial charge in [0.15, 0.2) is 0 Å². The molecule has 0 saturated heterocycles. The molecule has 3 N–H and O–H groups in total. The third-order valence-corrected chi connectivity index (χ3v) is 14.0. The number of phosphoric acid groups is 1. The fourth-order valence-corrected chi connectivity index (χ4v) is 9.09. The number of amides is 1. The summed E-state index contributed by atoms with van der Waals surface area (Å²) >= 11 is 0. The van der Waals surface area contributed by atoms with Crippen LogP contribution in [-0.2, 0) is 18.4 Å². The van der Waals surface area contributed by atoms with Crippen LogP contribution in [0.25, 0.3) is 0 Å².